The number of anilines is 1. The van der Waals surface area contributed by atoms with Gasteiger partial charge in [-0.15, -0.1) is 0 Å². The smallest absolute Gasteiger partial charge is 0.228 e. The number of ether oxygens (including phenoxy) is 1. The summed E-state index contributed by atoms with van der Waals surface area (Å²) in [5.74, 6) is 0.542. The number of benzene rings is 2. The van der Waals surface area contributed by atoms with Crippen molar-refractivity contribution in [2.24, 2.45) is 5.92 Å². The summed E-state index contributed by atoms with van der Waals surface area (Å²) in [4.78, 5) is 29.5. The van der Waals surface area contributed by atoms with Crippen LogP contribution in [0.25, 0.3) is 0 Å². The van der Waals surface area contributed by atoms with Gasteiger partial charge in [-0.05, 0) is 44.8 Å². The Hall–Kier alpha value is -2.90. The van der Waals surface area contributed by atoms with Crippen molar-refractivity contribution in [1.82, 2.24) is 9.80 Å². The van der Waals surface area contributed by atoms with Crippen molar-refractivity contribution in [2.75, 3.05) is 39.1 Å². The fourth-order valence-electron chi connectivity index (χ4n) is 4.07. The van der Waals surface area contributed by atoms with Crippen LogP contribution < -0.4 is 10.1 Å². The van der Waals surface area contributed by atoms with Crippen LogP contribution in [0.4, 0.5) is 5.69 Å². The first kappa shape index (κ1) is 24.7. The van der Waals surface area contributed by atoms with Crippen molar-refractivity contribution >= 4 is 17.5 Å². The number of nitrogens with zero attached hydrogens (tertiary/aromatic N) is 2. The van der Waals surface area contributed by atoms with Gasteiger partial charge in [0.25, 0.3) is 0 Å². The average Bonchev–Trinajstić information content (AvgIpc) is 2.82. The molecule has 178 valence electrons. The summed E-state index contributed by atoms with van der Waals surface area (Å²) in [5, 5.41) is 12.7. The van der Waals surface area contributed by atoms with Crippen molar-refractivity contribution in [2.45, 2.75) is 38.8 Å². The van der Waals surface area contributed by atoms with E-state index < -0.39 is 0 Å². The van der Waals surface area contributed by atoms with Gasteiger partial charge in [0.1, 0.15) is 11.9 Å². The Labute approximate surface area is 196 Å². The molecule has 1 heterocycles. The number of aliphatic hydroxyl groups is 1. The Kier molecular flexibility index (Phi) is 8.47. The Morgan fingerprint density at radius 1 is 1.24 bits per heavy atom. The number of likely N-dealkylation sites (N-methyl/N-ethyl adjacent to an activating group) is 1. The van der Waals surface area contributed by atoms with Gasteiger partial charge in [-0.25, -0.2) is 0 Å². The molecule has 0 fully saturated rings. The van der Waals surface area contributed by atoms with Gasteiger partial charge in [0.15, 0.2) is 0 Å². The van der Waals surface area contributed by atoms with Gasteiger partial charge in [-0.3, -0.25) is 9.59 Å². The normalized spacial score (nSPS) is 19.7. The lowest BCUT2D eigenvalue weighted by Gasteiger charge is -2.33. The molecule has 2 amide bonds. The summed E-state index contributed by atoms with van der Waals surface area (Å²) in [6.07, 6.45) is 0.290. The molecule has 0 saturated carbocycles. The summed E-state index contributed by atoms with van der Waals surface area (Å²) in [7, 11) is 3.99. The molecule has 7 nitrogen and oxygen atoms in total. The number of rotatable bonds is 7. The SMILES string of the molecule is C[C@H]1CN([C@@H](C)CO)C(=O)Cc2cc(NC(=O)Cc3ccccc3)ccc2O[C@@H]1CN(C)C. The monoisotopic (exact) mass is 453 g/mol. The van der Waals surface area contributed by atoms with E-state index in [0.29, 0.717) is 24.5 Å². The van der Waals surface area contributed by atoms with Crippen LogP contribution in [-0.2, 0) is 22.4 Å². The molecule has 33 heavy (non-hydrogen) atoms. The minimum atomic E-state index is -0.282. The summed E-state index contributed by atoms with van der Waals surface area (Å²) in [5.41, 5.74) is 2.29. The number of aliphatic hydroxyl groups excluding tert-OH is 1. The number of carbonyl (C=O) groups is 2. The molecule has 2 aromatic rings. The van der Waals surface area contributed by atoms with E-state index in [9.17, 15) is 14.7 Å². The van der Waals surface area contributed by atoms with Gasteiger partial charge < -0.3 is 25.0 Å². The Morgan fingerprint density at radius 2 is 1.97 bits per heavy atom. The third-order valence-corrected chi connectivity index (χ3v) is 5.95. The molecule has 3 rings (SSSR count). The maximum absolute atomic E-state index is 13.2. The van der Waals surface area contributed by atoms with E-state index in [2.05, 4.69) is 17.1 Å². The van der Waals surface area contributed by atoms with Gasteiger partial charge >= 0.3 is 0 Å². The standard InChI is InChI=1S/C26H35N3O4/c1-18-15-29(19(2)17-30)26(32)14-21-13-22(10-11-23(21)33-24(18)16-28(3)4)27-25(31)12-20-8-6-5-7-9-20/h5-11,13,18-19,24,30H,12,14-17H2,1-4H3,(H,27,31)/t18-,19-,24+/m0/s1. The second kappa shape index (κ2) is 11.3. The quantitative estimate of drug-likeness (QED) is 0.674. The third kappa shape index (κ3) is 6.79. The Morgan fingerprint density at radius 3 is 2.64 bits per heavy atom. The molecular weight excluding hydrogens is 418 g/mol. The van der Waals surface area contributed by atoms with Gasteiger partial charge in [-0.1, -0.05) is 37.3 Å². The number of hydrogen-bond acceptors (Lipinski definition) is 5. The zero-order chi connectivity index (χ0) is 24.0. The topological polar surface area (TPSA) is 82.1 Å². The van der Waals surface area contributed by atoms with Crippen LogP contribution in [0.3, 0.4) is 0 Å². The van der Waals surface area contributed by atoms with E-state index in [0.717, 1.165) is 11.1 Å². The van der Waals surface area contributed by atoms with Gasteiger partial charge in [0, 0.05) is 30.3 Å². The first-order valence-corrected chi connectivity index (χ1v) is 11.4. The zero-order valence-corrected chi connectivity index (χ0v) is 20.0. The molecule has 2 N–H and O–H groups in total. The molecule has 0 saturated heterocycles. The molecular formula is C26H35N3O4. The largest absolute Gasteiger partial charge is 0.488 e. The molecule has 2 aromatic carbocycles. The summed E-state index contributed by atoms with van der Waals surface area (Å²) in [6, 6.07) is 14.8. The Balaban J connectivity index is 1.86. The van der Waals surface area contributed by atoms with Crippen LogP contribution in [0, 0.1) is 5.92 Å². The van der Waals surface area contributed by atoms with Gasteiger partial charge in [0.2, 0.25) is 11.8 Å². The highest BCUT2D eigenvalue weighted by Gasteiger charge is 2.30. The summed E-state index contributed by atoms with van der Waals surface area (Å²) < 4.78 is 6.41. The van der Waals surface area contributed by atoms with Crippen LogP contribution in [0.5, 0.6) is 5.75 Å². The van der Waals surface area contributed by atoms with Crippen molar-refractivity contribution in [3.05, 3.63) is 59.7 Å². The highest BCUT2D eigenvalue weighted by molar-refractivity contribution is 5.92. The second-order valence-electron chi connectivity index (χ2n) is 9.18. The fraction of sp³-hybridized carbons (Fsp3) is 0.462. The van der Waals surface area contributed by atoms with Crippen LogP contribution in [-0.4, -0.2) is 72.7 Å². The van der Waals surface area contributed by atoms with E-state index >= 15 is 0 Å². The van der Waals surface area contributed by atoms with E-state index in [1.807, 2.05) is 69.6 Å². The highest BCUT2D eigenvalue weighted by Crippen LogP contribution is 2.29. The van der Waals surface area contributed by atoms with Crippen LogP contribution >= 0.6 is 0 Å². The molecule has 0 bridgehead atoms. The molecule has 1 aliphatic heterocycles. The van der Waals surface area contributed by atoms with Crippen LogP contribution in [0.15, 0.2) is 48.5 Å². The lowest BCUT2D eigenvalue weighted by Crippen LogP contribution is -2.47. The Bertz CT molecular complexity index is 948. The number of amides is 2. The van der Waals surface area contributed by atoms with E-state index in [-0.39, 0.29) is 49.3 Å². The number of fused-ring (bicyclic) bond motifs is 1. The molecule has 0 aliphatic carbocycles. The molecule has 3 atom stereocenters. The second-order valence-corrected chi connectivity index (χ2v) is 9.18. The number of nitrogens with one attached hydrogen (secondary N) is 1. The van der Waals surface area contributed by atoms with Gasteiger partial charge in [0.05, 0.1) is 25.5 Å². The van der Waals surface area contributed by atoms with Crippen molar-refractivity contribution in [3.63, 3.8) is 0 Å². The highest BCUT2D eigenvalue weighted by atomic mass is 16.5. The van der Waals surface area contributed by atoms with Crippen LogP contribution in [0.2, 0.25) is 0 Å². The summed E-state index contributed by atoms with van der Waals surface area (Å²) >= 11 is 0. The maximum atomic E-state index is 13.2. The van der Waals surface area contributed by atoms with E-state index in [1.54, 1.807) is 4.90 Å². The summed E-state index contributed by atoms with van der Waals surface area (Å²) in [6.45, 7) is 5.03. The average molecular weight is 454 g/mol. The zero-order valence-electron chi connectivity index (χ0n) is 20.0. The molecule has 0 aromatic heterocycles. The predicted octanol–water partition coefficient (Wildman–Crippen LogP) is 2.58. The molecule has 1 aliphatic rings. The minimum Gasteiger partial charge on any atom is -0.488 e. The van der Waals surface area contributed by atoms with Crippen molar-refractivity contribution < 1.29 is 19.4 Å². The van der Waals surface area contributed by atoms with Crippen LogP contribution in [0.1, 0.15) is 25.0 Å². The van der Waals surface area contributed by atoms with E-state index in [1.165, 1.54) is 0 Å². The maximum Gasteiger partial charge on any atom is 0.228 e. The number of carbonyl (C=O) groups excluding carboxylic acids is 2. The molecule has 0 radical (unpaired) electrons. The minimum absolute atomic E-state index is 0.0634. The lowest BCUT2D eigenvalue weighted by molar-refractivity contribution is -0.134. The van der Waals surface area contributed by atoms with Crippen molar-refractivity contribution in [1.29, 1.82) is 0 Å². The fourth-order valence-corrected chi connectivity index (χ4v) is 4.07. The number of hydrogen-bond donors (Lipinski definition) is 2. The third-order valence-electron chi connectivity index (χ3n) is 5.95. The van der Waals surface area contributed by atoms with E-state index in [4.69, 9.17) is 4.74 Å². The lowest BCUT2D eigenvalue weighted by atomic mass is 10.0. The molecule has 0 spiro atoms. The van der Waals surface area contributed by atoms with Crippen molar-refractivity contribution in [3.8, 4) is 5.75 Å². The molecule has 0 unspecified atom stereocenters. The predicted molar refractivity (Wildman–Crippen MR) is 129 cm³/mol. The first-order valence-electron chi connectivity index (χ1n) is 11.4. The first-order chi connectivity index (χ1) is 15.8. The molecule has 7 heteroatoms. The van der Waals surface area contributed by atoms with Gasteiger partial charge in [-0.2, -0.15) is 0 Å².